The second kappa shape index (κ2) is 10.8. The Morgan fingerprint density at radius 3 is 2.77 bits per heavy atom. The van der Waals surface area contributed by atoms with Gasteiger partial charge < -0.3 is 26.2 Å². The van der Waals surface area contributed by atoms with E-state index in [1.165, 1.54) is 0 Å². The van der Waals surface area contributed by atoms with E-state index < -0.39 is 18.1 Å². The van der Waals surface area contributed by atoms with Crippen molar-refractivity contribution in [2.75, 3.05) is 26.3 Å². The van der Waals surface area contributed by atoms with E-state index in [1.54, 1.807) is 0 Å². The molecule has 0 aromatic rings. The molecule has 0 aromatic carbocycles. The molecule has 0 aromatic heterocycles. The summed E-state index contributed by atoms with van der Waals surface area (Å²) in [4.78, 5) is 23.2. The Hall–Kier alpha value is -0.890. The predicted molar refractivity (Wildman–Crippen MR) is 85.6 cm³/mol. The van der Waals surface area contributed by atoms with E-state index in [1.807, 2.05) is 13.8 Å². The fourth-order valence-corrected chi connectivity index (χ4v) is 2.19. The highest BCUT2D eigenvalue weighted by molar-refractivity contribution is 5.85. The number of rotatable bonds is 9. The van der Waals surface area contributed by atoms with Crippen LogP contribution in [0.3, 0.4) is 0 Å². The molecule has 0 saturated carbocycles. The van der Waals surface area contributed by atoms with Gasteiger partial charge in [-0.2, -0.15) is 0 Å². The minimum Gasteiger partial charge on any atom is -0.382 e. The molecule has 1 heterocycles. The molecule has 1 aliphatic heterocycles. The Kier molecular flexibility index (Phi) is 10.3. The number of amides is 2. The van der Waals surface area contributed by atoms with Gasteiger partial charge in [-0.15, -0.1) is 12.4 Å². The van der Waals surface area contributed by atoms with Crippen molar-refractivity contribution in [1.29, 1.82) is 0 Å². The van der Waals surface area contributed by atoms with Crippen LogP contribution in [0.15, 0.2) is 0 Å². The first-order valence-electron chi connectivity index (χ1n) is 7.48. The van der Waals surface area contributed by atoms with Crippen molar-refractivity contribution >= 4 is 24.2 Å². The van der Waals surface area contributed by atoms with Gasteiger partial charge >= 0.3 is 0 Å². The quantitative estimate of drug-likeness (QED) is 0.420. The molecule has 1 aliphatic rings. The molecule has 22 heavy (non-hydrogen) atoms. The van der Waals surface area contributed by atoms with Crippen molar-refractivity contribution in [3.8, 4) is 0 Å². The second-order valence-corrected chi connectivity index (χ2v) is 5.88. The van der Waals surface area contributed by atoms with Crippen LogP contribution in [0.2, 0.25) is 0 Å². The van der Waals surface area contributed by atoms with Crippen molar-refractivity contribution < 1.29 is 19.4 Å². The largest absolute Gasteiger partial charge is 0.382 e. The highest BCUT2D eigenvalue weighted by Gasteiger charge is 2.30. The van der Waals surface area contributed by atoms with Crippen LogP contribution in [0.5, 0.6) is 0 Å². The van der Waals surface area contributed by atoms with Crippen molar-refractivity contribution in [2.45, 2.75) is 38.8 Å². The van der Waals surface area contributed by atoms with Crippen LogP contribution in [0, 0.1) is 11.8 Å². The molecule has 0 spiro atoms. The molecule has 1 rings (SSSR count). The lowest BCUT2D eigenvalue weighted by Crippen LogP contribution is -2.48. The zero-order valence-corrected chi connectivity index (χ0v) is 14.0. The maximum absolute atomic E-state index is 11.7. The van der Waals surface area contributed by atoms with Gasteiger partial charge in [-0.1, -0.05) is 13.8 Å². The van der Waals surface area contributed by atoms with E-state index >= 15 is 0 Å². The Balaban J connectivity index is 0.00000441. The summed E-state index contributed by atoms with van der Waals surface area (Å²) >= 11 is 0. The molecule has 2 amide bonds. The third kappa shape index (κ3) is 7.40. The average Bonchev–Trinajstić information content (AvgIpc) is 2.82. The van der Waals surface area contributed by atoms with E-state index in [2.05, 4.69) is 10.6 Å². The second-order valence-electron chi connectivity index (χ2n) is 5.88. The van der Waals surface area contributed by atoms with Gasteiger partial charge in [0.15, 0.2) is 0 Å². The smallest absolute Gasteiger partial charge is 0.250 e. The van der Waals surface area contributed by atoms with Crippen LogP contribution in [-0.2, 0) is 14.3 Å². The summed E-state index contributed by atoms with van der Waals surface area (Å²) in [6.45, 7) is 6.08. The molecule has 1 saturated heterocycles. The van der Waals surface area contributed by atoms with E-state index in [9.17, 15) is 14.7 Å². The number of hydrogen-bond acceptors (Lipinski definition) is 5. The Morgan fingerprint density at radius 2 is 2.23 bits per heavy atom. The summed E-state index contributed by atoms with van der Waals surface area (Å²) in [5.74, 6) is -0.344. The Bertz CT molecular complexity index is 355. The third-order valence-electron chi connectivity index (χ3n) is 3.39. The zero-order valence-electron chi connectivity index (χ0n) is 13.2. The van der Waals surface area contributed by atoms with Crippen LogP contribution in [0.1, 0.15) is 26.7 Å². The van der Waals surface area contributed by atoms with E-state index in [0.717, 1.165) is 0 Å². The molecule has 0 radical (unpaired) electrons. The minimum absolute atomic E-state index is 0. The van der Waals surface area contributed by atoms with Gasteiger partial charge in [0.2, 0.25) is 5.91 Å². The third-order valence-corrected chi connectivity index (χ3v) is 3.39. The van der Waals surface area contributed by atoms with Gasteiger partial charge in [0.1, 0.15) is 6.10 Å². The average molecular weight is 338 g/mol. The topological polar surface area (TPSA) is 114 Å². The molecule has 0 aliphatic carbocycles. The lowest BCUT2D eigenvalue weighted by Gasteiger charge is -2.20. The number of ether oxygens (including phenoxy) is 1. The van der Waals surface area contributed by atoms with Gasteiger partial charge in [-0.3, -0.25) is 9.59 Å². The van der Waals surface area contributed by atoms with Crippen LogP contribution in [0.4, 0.5) is 0 Å². The maximum Gasteiger partial charge on any atom is 0.250 e. The first-order chi connectivity index (χ1) is 9.91. The number of nitrogens with two attached hydrogens (primary N) is 1. The molecule has 1 fully saturated rings. The fourth-order valence-electron chi connectivity index (χ4n) is 2.19. The van der Waals surface area contributed by atoms with E-state index in [4.69, 9.17) is 10.5 Å². The number of aliphatic hydroxyl groups is 1. The number of aliphatic hydroxyl groups excluding tert-OH is 1. The van der Waals surface area contributed by atoms with Crippen molar-refractivity contribution in [1.82, 2.24) is 10.6 Å². The van der Waals surface area contributed by atoms with Crippen LogP contribution in [0.25, 0.3) is 0 Å². The monoisotopic (exact) mass is 337 g/mol. The normalized spacial score (nSPS) is 20.2. The lowest BCUT2D eigenvalue weighted by molar-refractivity contribution is -0.131. The number of carbonyl (C=O) groups is 2. The molecule has 130 valence electrons. The van der Waals surface area contributed by atoms with Crippen LogP contribution >= 0.6 is 12.4 Å². The standard InChI is InChI=1S/C14H27N3O4.ClH/c1-9(2)8-21-6-5-17-14(20)12(18)11(15)7-10-3-4-16-13(10)19;/h9-12,18H,3-8,15H2,1-2H3,(H,16,19)(H,17,20);1H/t10-,11-,12?;/m0./s1. The highest BCUT2D eigenvalue weighted by atomic mass is 35.5. The molecule has 3 atom stereocenters. The summed E-state index contributed by atoms with van der Waals surface area (Å²) < 4.78 is 5.33. The molecule has 1 unspecified atom stereocenters. The summed E-state index contributed by atoms with van der Waals surface area (Å²) in [7, 11) is 0. The van der Waals surface area contributed by atoms with Crippen molar-refractivity contribution in [3.63, 3.8) is 0 Å². The Labute approximate surface area is 137 Å². The highest BCUT2D eigenvalue weighted by Crippen LogP contribution is 2.16. The number of carbonyl (C=O) groups excluding carboxylic acids is 2. The number of nitrogens with one attached hydrogen (secondary N) is 2. The summed E-state index contributed by atoms with van der Waals surface area (Å²) in [6, 6.07) is -0.740. The number of hydrogen-bond donors (Lipinski definition) is 4. The molecule has 5 N–H and O–H groups in total. The Morgan fingerprint density at radius 1 is 1.55 bits per heavy atom. The molecular formula is C14H28ClN3O4. The van der Waals surface area contributed by atoms with Gasteiger partial charge in [-0.05, 0) is 18.8 Å². The lowest BCUT2D eigenvalue weighted by atomic mass is 9.95. The van der Waals surface area contributed by atoms with Gasteiger partial charge in [0.05, 0.1) is 6.61 Å². The maximum atomic E-state index is 11.7. The predicted octanol–water partition coefficient (Wildman–Crippen LogP) is -0.589. The summed E-state index contributed by atoms with van der Waals surface area (Å²) in [5.41, 5.74) is 5.81. The van der Waals surface area contributed by atoms with Crippen LogP contribution in [-0.4, -0.2) is 55.4 Å². The zero-order chi connectivity index (χ0) is 15.8. The van der Waals surface area contributed by atoms with Gasteiger partial charge in [-0.25, -0.2) is 0 Å². The first kappa shape index (κ1) is 21.1. The molecular weight excluding hydrogens is 310 g/mol. The van der Waals surface area contributed by atoms with Gasteiger partial charge in [0, 0.05) is 31.7 Å². The minimum atomic E-state index is -1.30. The summed E-state index contributed by atoms with van der Waals surface area (Å²) in [5, 5.41) is 15.2. The van der Waals surface area contributed by atoms with Gasteiger partial charge in [0.25, 0.3) is 5.91 Å². The van der Waals surface area contributed by atoms with Crippen molar-refractivity contribution in [3.05, 3.63) is 0 Å². The molecule has 7 nitrogen and oxygen atoms in total. The first-order valence-corrected chi connectivity index (χ1v) is 7.48. The van der Waals surface area contributed by atoms with E-state index in [-0.39, 0.29) is 24.2 Å². The van der Waals surface area contributed by atoms with Crippen molar-refractivity contribution in [2.24, 2.45) is 17.6 Å². The summed E-state index contributed by atoms with van der Waals surface area (Å²) in [6.07, 6.45) is -0.294. The number of halogens is 1. The fraction of sp³-hybridized carbons (Fsp3) is 0.857. The van der Waals surface area contributed by atoms with Crippen LogP contribution < -0.4 is 16.4 Å². The molecule has 0 bridgehead atoms. The van der Waals surface area contributed by atoms with E-state index in [0.29, 0.717) is 45.1 Å². The molecule has 8 heteroatoms. The SMILES string of the molecule is CC(C)COCCNC(=O)C(O)[C@@H](N)C[C@@H]1CCNC1=O.Cl.